The molecular weight excluding hydrogens is 314 g/mol. The van der Waals surface area contributed by atoms with Crippen molar-refractivity contribution < 1.29 is 19.8 Å². The molecule has 0 fully saturated rings. The van der Waals surface area contributed by atoms with Gasteiger partial charge in [0.15, 0.2) is 5.78 Å². The van der Waals surface area contributed by atoms with Gasteiger partial charge in [-0.05, 0) is 30.4 Å². The number of halogens is 3. The van der Waals surface area contributed by atoms with Gasteiger partial charge in [0.1, 0.15) is 0 Å². The Hall–Kier alpha value is -1.49. The third-order valence-electron chi connectivity index (χ3n) is 2.00. The summed E-state index contributed by atoms with van der Waals surface area (Å²) in [5.74, 6) is -3.17. The zero-order valence-corrected chi connectivity index (χ0v) is 11.5. The molecule has 0 saturated heterocycles. The zero-order valence-electron chi connectivity index (χ0n) is 9.23. The van der Waals surface area contributed by atoms with E-state index in [0.29, 0.717) is 5.02 Å². The van der Waals surface area contributed by atoms with Crippen molar-refractivity contribution in [2.24, 2.45) is 0 Å². The summed E-state index contributed by atoms with van der Waals surface area (Å²) >= 11 is 17.0. The van der Waals surface area contributed by atoms with E-state index in [2.05, 4.69) is 0 Å². The summed E-state index contributed by atoms with van der Waals surface area (Å²) in [6.07, 6.45) is 1.95. The summed E-state index contributed by atoms with van der Waals surface area (Å²) in [5.41, 5.74) is 0.143. The Morgan fingerprint density at radius 2 is 1.74 bits per heavy atom. The highest BCUT2D eigenvalue weighted by Gasteiger charge is 2.11. The van der Waals surface area contributed by atoms with Crippen molar-refractivity contribution in [1.82, 2.24) is 0 Å². The van der Waals surface area contributed by atoms with Crippen LogP contribution in [0, 0.1) is 0 Å². The molecule has 1 rings (SSSR count). The average molecular weight is 322 g/mol. The molecule has 0 aliphatic rings. The summed E-state index contributed by atoms with van der Waals surface area (Å²) in [4.78, 5) is 22.2. The summed E-state index contributed by atoms with van der Waals surface area (Å²) in [6, 6.07) is 4.34. The number of rotatable bonds is 4. The first-order valence-corrected chi connectivity index (χ1v) is 5.96. The van der Waals surface area contributed by atoms with E-state index in [1.54, 1.807) is 0 Å². The molecule has 0 bridgehead atoms. The number of carbonyl (C=O) groups excluding carboxylic acids is 1. The molecule has 0 atom stereocenters. The van der Waals surface area contributed by atoms with Crippen molar-refractivity contribution in [2.45, 2.75) is 0 Å². The van der Waals surface area contributed by atoms with Crippen LogP contribution in [0.1, 0.15) is 10.4 Å². The molecule has 0 unspecified atom stereocenters. The minimum Gasteiger partial charge on any atom is -0.501 e. The van der Waals surface area contributed by atoms with E-state index in [0.717, 1.165) is 12.2 Å². The minimum absolute atomic E-state index is 0.143. The molecule has 1 aromatic carbocycles. The number of benzene rings is 1. The standard InChI is InChI=1S/C12H7Cl3O4/c13-6-1-2-8(14)7(5-6)10(16)4-3-9(15)11(17)12(18)19/h1-5,17H,(H,18,19)/b4-3-,11-9-. The van der Waals surface area contributed by atoms with Crippen molar-refractivity contribution >= 4 is 46.6 Å². The Morgan fingerprint density at radius 1 is 1.11 bits per heavy atom. The molecule has 4 nitrogen and oxygen atoms in total. The zero-order chi connectivity index (χ0) is 14.6. The second-order valence-corrected chi connectivity index (χ2v) is 4.57. The highest BCUT2D eigenvalue weighted by molar-refractivity contribution is 6.37. The van der Waals surface area contributed by atoms with Gasteiger partial charge in [0.25, 0.3) is 0 Å². The third kappa shape index (κ3) is 4.28. The maximum absolute atomic E-state index is 11.8. The smallest absolute Gasteiger partial charge is 0.372 e. The SMILES string of the molecule is O=C(O)/C(O)=C(Cl)\C=C/C(=O)c1cc(Cl)ccc1Cl. The van der Waals surface area contributed by atoms with Gasteiger partial charge in [-0.2, -0.15) is 0 Å². The van der Waals surface area contributed by atoms with Gasteiger partial charge < -0.3 is 10.2 Å². The lowest BCUT2D eigenvalue weighted by atomic mass is 10.1. The molecule has 0 aromatic heterocycles. The number of carboxylic acid groups (broad SMARTS) is 1. The van der Waals surface area contributed by atoms with E-state index in [4.69, 9.17) is 45.0 Å². The van der Waals surface area contributed by atoms with Crippen LogP contribution in [0.25, 0.3) is 0 Å². The van der Waals surface area contributed by atoms with Crippen molar-refractivity contribution in [2.75, 3.05) is 0 Å². The predicted molar refractivity (Wildman–Crippen MR) is 73.1 cm³/mol. The summed E-state index contributed by atoms with van der Waals surface area (Å²) in [6.45, 7) is 0. The van der Waals surface area contributed by atoms with Crippen molar-refractivity contribution in [3.63, 3.8) is 0 Å². The molecule has 0 heterocycles. The first kappa shape index (κ1) is 15.6. The van der Waals surface area contributed by atoms with Gasteiger partial charge in [0.05, 0.1) is 10.1 Å². The van der Waals surface area contributed by atoms with Crippen LogP contribution in [-0.4, -0.2) is 22.0 Å². The second-order valence-electron chi connectivity index (χ2n) is 3.32. The van der Waals surface area contributed by atoms with Crippen LogP contribution in [0.3, 0.4) is 0 Å². The van der Waals surface area contributed by atoms with Crippen LogP contribution < -0.4 is 0 Å². The Kier molecular flexibility index (Phi) is 5.42. The lowest BCUT2D eigenvalue weighted by molar-refractivity contribution is -0.135. The van der Waals surface area contributed by atoms with E-state index in [1.165, 1.54) is 18.2 Å². The molecule has 1 aromatic rings. The number of aliphatic carboxylic acids is 1. The third-order valence-corrected chi connectivity index (χ3v) is 2.87. The number of carbonyl (C=O) groups is 2. The molecular formula is C12H7Cl3O4. The average Bonchev–Trinajstić information content (AvgIpc) is 2.37. The Bertz CT molecular complexity index is 591. The van der Waals surface area contributed by atoms with E-state index in [1.807, 2.05) is 0 Å². The predicted octanol–water partition coefficient (Wildman–Crippen LogP) is 3.83. The molecule has 0 aliphatic heterocycles. The largest absolute Gasteiger partial charge is 0.501 e. The van der Waals surface area contributed by atoms with Crippen LogP contribution in [0.5, 0.6) is 0 Å². The summed E-state index contributed by atoms with van der Waals surface area (Å²) in [7, 11) is 0. The number of carboxylic acids is 1. The van der Waals surface area contributed by atoms with Crippen molar-refractivity contribution in [3.05, 3.63) is 56.8 Å². The van der Waals surface area contributed by atoms with Crippen molar-refractivity contribution in [1.29, 1.82) is 0 Å². The second kappa shape index (κ2) is 6.61. The van der Waals surface area contributed by atoms with Crippen molar-refractivity contribution in [3.8, 4) is 0 Å². The first-order valence-electron chi connectivity index (χ1n) is 4.82. The monoisotopic (exact) mass is 320 g/mol. The number of allylic oxidation sites excluding steroid dienone is 3. The number of ketones is 1. The Labute approximate surface area is 123 Å². The van der Waals surface area contributed by atoms with Crippen LogP contribution in [0.15, 0.2) is 41.1 Å². The number of aliphatic hydroxyl groups excluding tert-OH is 1. The minimum atomic E-state index is -1.59. The Balaban J connectivity index is 3.01. The molecule has 100 valence electrons. The fourth-order valence-corrected chi connectivity index (χ4v) is 1.63. The van der Waals surface area contributed by atoms with Crippen LogP contribution in [0.4, 0.5) is 0 Å². The summed E-state index contributed by atoms with van der Waals surface area (Å²) in [5, 5.41) is 17.5. The molecule has 0 radical (unpaired) electrons. The summed E-state index contributed by atoms with van der Waals surface area (Å²) < 4.78 is 0. The van der Waals surface area contributed by atoms with E-state index in [-0.39, 0.29) is 10.6 Å². The fraction of sp³-hybridized carbons (Fsp3) is 0. The van der Waals surface area contributed by atoms with Gasteiger partial charge in [-0.25, -0.2) is 4.79 Å². The van der Waals surface area contributed by atoms with E-state index in [9.17, 15) is 9.59 Å². The van der Waals surface area contributed by atoms with Crippen LogP contribution >= 0.6 is 34.8 Å². The van der Waals surface area contributed by atoms with Gasteiger partial charge in [-0.3, -0.25) is 4.79 Å². The van der Waals surface area contributed by atoms with E-state index < -0.39 is 22.5 Å². The topological polar surface area (TPSA) is 74.6 Å². The normalized spacial score (nSPS) is 12.4. The maximum Gasteiger partial charge on any atom is 0.372 e. The van der Waals surface area contributed by atoms with E-state index >= 15 is 0 Å². The van der Waals surface area contributed by atoms with Gasteiger partial charge in [-0.15, -0.1) is 0 Å². The molecule has 0 saturated carbocycles. The number of aliphatic hydroxyl groups is 1. The first-order chi connectivity index (χ1) is 8.82. The van der Waals surface area contributed by atoms with Crippen LogP contribution in [-0.2, 0) is 4.79 Å². The lowest BCUT2D eigenvalue weighted by Gasteiger charge is -2.00. The fourth-order valence-electron chi connectivity index (χ4n) is 1.11. The molecule has 0 spiro atoms. The number of hydrogen-bond donors (Lipinski definition) is 2. The number of hydrogen-bond acceptors (Lipinski definition) is 3. The van der Waals surface area contributed by atoms with Gasteiger partial charge in [0.2, 0.25) is 5.76 Å². The lowest BCUT2D eigenvalue weighted by Crippen LogP contribution is -2.01. The van der Waals surface area contributed by atoms with Gasteiger partial charge in [-0.1, -0.05) is 34.8 Å². The van der Waals surface area contributed by atoms with Gasteiger partial charge in [0, 0.05) is 10.6 Å². The Morgan fingerprint density at radius 3 is 2.32 bits per heavy atom. The molecule has 19 heavy (non-hydrogen) atoms. The molecule has 2 N–H and O–H groups in total. The maximum atomic E-state index is 11.8. The van der Waals surface area contributed by atoms with Gasteiger partial charge >= 0.3 is 5.97 Å². The molecule has 0 amide bonds. The molecule has 0 aliphatic carbocycles. The van der Waals surface area contributed by atoms with Crippen LogP contribution in [0.2, 0.25) is 10.0 Å². The highest BCUT2D eigenvalue weighted by Crippen LogP contribution is 2.21. The molecule has 7 heteroatoms. The quantitative estimate of drug-likeness (QED) is 0.382. The highest BCUT2D eigenvalue weighted by atomic mass is 35.5.